The fourth-order valence-electron chi connectivity index (χ4n) is 2.53. The molecule has 0 saturated carbocycles. The van der Waals surface area contributed by atoms with Crippen LogP contribution in [-0.4, -0.2) is 40.6 Å². The Balaban J connectivity index is 1.68. The predicted molar refractivity (Wildman–Crippen MR) is 96.4 cm³/mol. The van der Waals surface area contributed by atoms with Crippen LogP contribution in [0.25, 0.3) is 0 Å². The number of aryl methyl sites for hydroxylation is 1. The number of ketones is 1. The number of nitrogens with zero attached hydrogens (tertiary/aromatic N) is 1. The summed E-state index contributed by atoms with van der Waals surface area (Å²) in [5.41, 5.74) is 0.776. The van der Waals surface area contributed by atoms with Crippen molar-refractivity contribution < 1.29 is 19.1 Å². The van der Waals surface area contributed by atoms with E-state index in [0.29, 0.717) is 41.7 Å². The van der Waals surface area contributed by atoms with Crippen molar-refractivity contribution in [2.24, 2.45) is 0 Å². The Bertz CT molecular complexity index is 925. The van der Waals surface area contributed by atoms with Gasteiger partial charge < -0.3 is 19.8 Å². The monoisotopic (exact) mass is 375 g/mol. The molecule has 2 N–H and O–H groups in total. The van der Waals surface area contributed by atoms with Crippen LogP contribution in [0, 0.1) is 6.92 Å². The number of amides is 1. The number of benzene rings is 1. The van der Waals surface area contributed by atoms with Crippen molar-refractivity contribution >= 4 is 29.1 Å². The van der Waals surface area contributed by atoms with Gasteiger partial charge in [-0.2, -0.15) is 4.98 Å². The first kappa shape index (κ1) is 18.0. The SMILES string of the molecule is CC(=O)c1c(SCC(=O)Nc2ccc3c(c2)OCCO3)nc(=O)[nH]c1C. The Kier molecular flexibility index (Phi) is 5.27. The van der Waals surface area contributed by atoms with E-state index in [1.807, 2.05) is 0 Å². The number of thioether (sulfide) groups is 1. The minimum absolute atomic E-state index is 0.00458. The van der Waals surface area contributed by atoms with Crippen molar-refractivity contribution in [2.45, 2.75) is 18.9 Å². The maximum absolute atomic E-state index is 12.2. The highest BCUT2D eigenvalue weighted by Gasteiger charge is 2.17. The number of carbonyl (C=O) groups excluding carboxylic acids is 2. The molecule has 1 aliphatic rings. The first-order chi connectivity index (χ1) is 12.4. The van der Waals surface area contributed by atoms with Gasteiger partial charge in [-0.05, 0) is 26.0 Å². The summed E-state index contributed by atoms with van der Waals surface area (Å²) in [7, 11) is 0. The van der Waals surface area contributed by atoms with Gasteiger partial charge in [0.25, 0.3) is 0 Å². The molecule has 0 fully saturated rings. The third-order valence-electron chi connectivity index (χ3n) is 3.60. The number of anilines is 1. The van der Waals surface area contributed by atoms with Gasteiger partial charge in [-0.15, -0.1) is 0 Å². The van der Waals surface area contributed by atoms with E-state index in [9.17, 15) is 14.4 Å². The first-order valence-electron chi connectivity index (χ1n) is 7.88. The standard InChI is InChI=1S/C17H17N3O5S/c1-9-15(10(2)21)16(20-17(23)18-9)26-8-14(22)19-11-3-4-12-13(7-11)25-6-5-24-12/h3-4,7H,5-6,8H2,1-2H3,(H,19,22)(H,18,20,23). The molecule has 0 unspecified atom stereocenters. The lowest BCUT2D eigenvalue weighted by Gasteiger charge is -2.19. The average molecular weight is 375 g/mol. The Morgan fingerprint density at radius 1 is 1.27 bits per heavy atom. The van der Waals surface area contributed by atoms with E-state index in [4.69, 9.17) is 9.47 Å². The average Bonchev–Trinajstić information content (AvgIpc) is 2.59. The Labute approximate surface area is 153 Å². The number of hydrogen-bond donors (Lipinski definition) is 2. The van der Waals surface area contributed by atoms with Crippen LogP contribution in [0.3, 0.4) is 0 Å². The zero-order valence-electron chi connectivity index (χ0n) is 14.3. The topological polar surface area (TPSA) is 110 Å². The molecule has 0 atom stereocenters. The van der Waals surface area contributed by atoms with Crippen molar-refractivity contribution in [3.05, 3.63) is 39.9 Å². The van der Waals surface area contributed by atoms with Gasteiger partial charge in [0.05, 0.1) is 11.3 Å². The van der Waals surface area contributed by atoms with E-state index in [1.54, 1.807) is 25.1 Å². The Morgan fingerprint density at radius 2 is 2.00 bits per heavy atom. The van der Waals surface area contributed by atoms with Crippen LogP contribution in [0.2, 0.25) is 0 Å². The number of Topliss-reactive ketones (excluding diaryl/α,β-unsaturated/α-hetero) is 1. The van der Waals surface area contributed by atoms with Crippen LogP contribution in [0.5, 0.6) is 11.5 Å². The number of nitrogens with one attached hydrogen (secondary N) is 2. The van der Waals surface area contributed by atoms with Gasteiger partial charge in [0.2, 0.25) is 5.91 Å². The highest BCUT2D eigenvalue weighted by Crippen LogP contribution is 2.32. The summed E-state index contributed by atoms with van der Waals surface area (Å²) in [6, 6.07) is 5.13. The van der Waals surface area contributed by atoms with E-state index >= 15 is 0 Å². The molecule has 0 aliphatic carbocycles. The summed E-state index contributed by atoms with van der Waals surface area (Å²) in [6.07, 6.45) is 0. The van der Waals surface area contributed by atoms with Crippen LogP contribution >= 0.6 is 11.8 Å². The van der Waals surface area contributed by atoms with Crippen LogP contribution in [0.4, 0.5) is 5.69 Å². The van der Waals surface area contributed by atoms with Gasteiger partial charge in [-0.1, -0.05) is 11.8 Å². The van der Waals surface area contributed by atoms with Gasteiger partial charge in [0, 0.05) is 17.4 Å². The molecule has 0 spiro atoms. The summed E-state index contributed by atoms with van der Waals surface area (Å²) in [5.74, 6) is 0.706. The van der Waals surface area contributed by atoms with E-state index in [0.717, 1.165) is 11.8 Å². The van der Waals surface area contributed by atoms with Crippen molar-refractivity contribution in [2.75, 3.05) is 24.3 Å². The summed E-state index contributed by atoms with van der Waals surface area (Å²) in [6.45, 7) is 3.97. The Hall–Kier alpha value is -2.81. The Morgan fingerprint density at radius 3 is 2.73 bits per heavy atom. The number of fused-ring (bicyclic) bond motifs is 1. The molecule has 8 nitrogen and oxygen atoms in total. The highest BCUT2D eigenvalue weighted by atomic mass is 32.2. The van der Waals surface area contributed by atoms with Gasteiger partial charge in [-0.25, -0.2) is 4.79 Å². The molecule has 2 heterocycles. The number of carbonyl (C=O) groups is 2. The maximum Gasteiger partial charge on any atom is 0.346 e. The third-order valence-corrected chi connectivity index (χ3v) is 4.58. The molecule has 1 aromatic carbocycles. The molecule has 26 heavy (non-hydrogen) atoms. The molecule has 3 rings (SSSR count). The lowest BCUT2D eigenvalue weighted by atomic mass is 10.2. The van der Waals surface area contributed by atoms with E-state index in [2.05, 4.69) is 15.3 Å². The lowest BCUT2D eigenvalue weighted by molar-refractivity contribution is -0.113. The third kappa shape index (κ3) is 4.05. The number of aromatic amines is 1. The van der Waals surface area contributed by atoms with Crippen molar-refractivity contribution in [3.63, 3.8) is 0 Å². The number of aromatic nitrogens is 2. The molecule has 1 amide bonds. The molecule has 9 heteroatoms. The minimum Gasteiger partial charge on any atom is -0.486 e. The van der Waals surface area contributed by atoms with Gasteiger partial charge in [0.1, 0.15) is 18.2 Å². The number of hydrogen-bond acceptors (Lipinski definition) is 7. The van der Waals surface area contributed by atoms with Gasteiger partial charge >= 0.3 is 5.69 Å². The molecular weight excluding hydrogens is 358 g/mol. The predicted octanol–water partition coefficient (Wildman–Crippen LogP) is 1.78. The van der Waals surface area contributed by atoms with Crippen LogP contribution in [0.15, 0.2) is 28.0 Å². The van der Waals surface area contributed by atoms with Crippen molar-refractivity contribution in [1.29, 1.82) is 0 Å². The van der Waals surface area contributed by atoms with E-state index in [-0.39, 0.29) is 22.5 Å². The molecule has 136 valence electrons. The summed E-state index contributed by atoms with van der Waals surface area (Å²) in [4.78, 5) is 41.8. The maximum atomic E-state index is 12.2. The van der Waals surface area contributed by atoms with Crippen LogP contribution < -0.4 is 20.5 Å². The zero-order chi connectivity index (χ0) is 18.7. The number of rotatable bonds is 5. The molecule has 1 aliphatic heterocycles. The van der Waals surface area contributed by atoms with E-state index < -0.39 is 5.69 Å². The highest BCUT2D eigenvalue weighted by molar-refractivity contribution is 8.00. The number of ether oxygens (including phenoxy) is 2. The van der Waals surface area contributed by atoms with Crippen LogP contribution in [-0.2, 0) is 4.79 Å². The fourth-order valence-corrected chi connectivity index (χ4v) is 3.46. The lowest BCUT2D eigenvalue weighted by Crippen LogP contribution is -2.19. The van der Waals surface area contributed by atoms with Crippen LogP contribution in [0.1, 0.15) is 23.0 Å². The minimum atomic E-state index is -0.553. The first-order valence-corrected chi connectivity index (χ1v) is 8.87. The van der Waals surface area contributed by atoms with Crippen molar-refractivity contribution in [1.82, 2.24) is 9.97 Å². The normalized spacial score (nSPS) is 12.5. The molecule has 1 aromatic heterocycles. The fraction of sp³-hybridized carbons (Fsp3) is 0.294. The van der Waals surface area contributed by atoms with Crippen molar-refractivity contribution in [3.8, 4) is 11.5 Å². The molecule has 2 aromatic rings. The largest absolute Gasteiger partial charge is 0.486 e. The molecule has 0 bridgehead atoms. The quantitative estimate of drug-likeness (QED) is 0.466. The second-order valence-corrected chi connectivity index (χ2v) is 6.56. The second kappa shape index (κ2) is 7.61. The summed E-state index contributed by atoms with van der Waals surface area (Å²) < 4.78 is 10.9. The smallest absolute Gasteiger partial charge is 0.346 e. The van der Waals surface area contributed by atoms with Gasteiger partial charge in [0.15, 0.2) is 17.3 Å². The molecular formula is C17H17N3O5S. The molecule has 0 radical (unpaired) electrons. The zero-order valence-corrected chi connectivity index (χ0v) is 15.1. The summed E-state index contributed by atoms with van der Waals surface area (Å²) in [5, 5.41) is 2.99. The second-order valence-electron chi connectivity index (χ2n) is 5.60. The number of H-pyrrole nitrogens is 1. The van der Waals surface area contributed by atoms with E-state index in [1.165, 1.54) is 6.92 Å². The van der Waals surface area contributed by atoms with Gasteiger partial charge in [-0.3, -0.25) is 9.59 Å². The molecule has 0 saturated heterocycles. The summed E-state index contributed by atoms with van der Waals surface area (Å²) >= 11 is 1.04.